The molecule has 2 rings (SSSR count). The molecule has 0 fully saturated rings. The van der Waals surface area contributed by atoms with Crippen molar-refractivity contribution in [2.75, 3.05) is 19.0 Å². The summed E-state index contributed by atoms with van der Waals surface area (Å²) in [5.41, 5.74) is 7.36. The molecule has 2 aromatic rings. The van der Waals surface area contributed by atoms with Crippen LogP contribution in [0.3, 0.4) is 0 Å². The van der Waals surface area contributed by atoms with Gasteiger partial charge in [-0.05, 0) is 40.5 Å². The van der Waals surface area contributed by atoms with E-state index in [-0.39, 0.29) is 6.04 Å². The van der Waals surface area contributed by atoms with E-state index in [0.29, 0.717) is 0 Å². The van der Waals surface area contributed by atoms with E-state index in [9.17, 15) is 0 Å². The van der Waals surface area contributed by atoms with E-state index in [2.05, 4.69) is 55.6 Å². The zero-order valence-corrected chi connectivity index (χ0v) is 14.5. The average Bonchev–Trinajstić information content (AvgIpc) is 2.70. The molecular weight excluding hydrogens is 330 g/mol. The van der Waals surface area contributed by atoms with Crippen molar-refractivity contribution in [2.45, 2.75) is 19.4 Å². The van der Waals surface area contributed by atoms with Crippen molar-refractivity contribution < 1.29 is 0 Å². The number of aromatic nitrogens is 2. The molecule has 1 unspecified atom stereocenters. The summed E-state index contributed by atoms with van der Waals surface area (Å²) in [4.78, 5) is 2.08. The molecule has 0 bridgehead atoms. The van der Waals surface area contributed by atoms with Crippen molar-refractivity contribution in [3.63, 3.8) is 0 Å². The topological polar surface area (TPSA) is 59.1 Å². The van der Waals surface area contributed by atoms with Crippen LogP contribution in [0.4, 0.5) is 5.69 Å². The number of aryl methyl sites for hydroxylation is 2. The van der Waals surface area contributed by atoms with Gasteiger partial charge in [-0.15, -0.1) is 0 Å². The molecule has 6 heteroatoms. The Balaban J connectivity index is 2.30. The van der Waals surface area contributed by atoms with E-state index in [1.807, 2.05) is 32.7 Å². The molecule has 3 N–H and O–H groups in total. The van der Waals surface area contributed by atoms with E-state index < -0.39 is 0 Å². The Morgan fingerprint density at radius 2 is 2.14 bits per heavy atom. The predicted molar refractivity (Wildman–Crippen MR) is 90.2 cm³/mol. The van der Waals surface area contributed by atoms with Crippen LogP contribution in [0.25, 0.3) is 0 Å². The van der Waals surface area contributed by atoms with E-state index in [1.165, 1.54) is 0 Å². The largest absolute Gasteiger partial charge is 0.378 e. The third-order valence-corrected chi connectivity index (χ3v) is 4.68. The lowest BCUT2D eigenvalue weighted by Gasteiger charge is -2.20. The monoisotopic (exact) mass is 351 g/mol. The molecule has 0 saturated heterocycles. The van der Waals surface area contributed by atoms with Crippen LogP contribution in [0.5, 0.6) is 0 Å². The maximum absolute atomic E-state index is 5.78. The predicted octanol–water partition coefficient (Wildman–Crippen LogP) is 2.30. The lowest BCUT2D eigenvalue weighted by molar-refractivity contribution is 0.529. The Labute approximate surface area is 134 Å². The molecule has 0 aliphatic heterocycles. The van der Waals surface area contributed by atoms with Crippen LogP contribution in [0.1, 0.15) is 23.0 Å². The molecule has 1 aromatic carbocycles. The highest BCUT2D eigenvalue weighted by atomic mass is 79.9. The van der Waals surface area contributed by atoms with Gasteiger partial charge >= 0.3 is 0 Å². The molecule has 0 aliphatic carbocycles. The number of hydrazine groups is 1. The van der Waals surface area contributed by atoms with Gasteiger partial charge in [0.1, 0.15) is 0 Å². The fourth-order valence-electron chi connectivity index (χ4n) is 2.39. The summed E-state index contributed by atoms with van der Waals surface area (Å²) in [6.45, 7) is 1.99. The van der Waals surface area contributed by atoms with Gasteiger partial charge in [-0.2, -0.15) is 5.10 Å². The second-order valence-corrected chi connectivity index (χ2v) is 6.18. The normalized spacial score (nSPS) is 12.5. The molecule has 1 heterocycles. The Hall–Kier alpha value is -1.37. The van der Waals surface area contributed by atoms with Gasteiger partial charge in [-0.3, -0.25) is 16.0 Å². The quantitative estimate of drug-likeness (QED) is 0.640. The van der Waals surface area contributed by atoms with Crippen LogP contribution in [0, 0.1) is 6.92 Å². The lowest BCUT2D eigenvalue weighted by Crippen LogP contribution is -2.30. The zero-order valence-electron chi connectivity index (χ0n) is 12.9. The Morgan fingerprint density at radius 1 is 1.43 bits per heavy atom. The minimum absolute atomic E-state index is 0.0380. The highest BCUT2D eigenvalue weighted by Crippen LogP contribution is 2.27. The fraction of sp³-hybridized carbons (Fsp3) is 0.400. The zero-order chi connectivity index (χ0) is 15.6. The van der Waals surface area contributed by atoms with Gasteiger partial charge in [0.15, 0.2) is 0 Å². The first-order valence-corrected chi connectivity index (χ1v) is 7.64. The van der Waals surface area contributed by atoms with Crippen molar-refractivity contribution in [1.29, 1.82) is 0 Å². The number of nitrogens with two attached hydrogens (primary N) is 1. The van der Waals surface area contributed by atoms with Crippen molar-refractivity contribution >= 4 is 21.6 Å². The van der Waals surface area contributed by atoms with E-state index in [4.69, 9.17) is 5.84 Å². The standard InChI is InChI=1S/C15H22BrN5/c1-10-15(16)14(21(4)19-10)9-13(18-17)11-6-5-7-12(8-11)20(2)3/h5-8,13,18H,9,17H2,1-4H3. The van der Waals surface area contributed by atoms with E-state index in [1.54, 1.807) is 0 Å². The number of anilines is 1. The summed E-state index contributed by atoms with van der Waals surface area (Å²) >= 11 is 3.61. The van der Waals surface area contributed by atoms with Crippen LogP contribution in [0.15, 0.2) is 28.7 Å². The summed E-state index contributed by atoms with van der Waals surface area (Å²) in [6, 6.07) is 8.42. The highest BCUT2D eigenvalue weighted by molar-refractivity contribution is 9.10. The number of halogens is 1. The average molecular weight is 352 g/mol. The lowest BCUT2D eigenvalue weighted by atomic mass is 10.0. The SMILES string of the molecule is Cc1nn(C)c(CC(NN)c2cccc(N(C)C)c2)c1Br. The Kier molecular flexibility index (Phi) is 5.03. The van der Waals surface area contributed by atoms with Crippen molar-refractivity contribution in [3.05, 3.63) is 45.7 Å². The number of nitrogens with zero attached hydrogens (tertiary/aromatic N) is 3. The molecule has 0 radical (unpaired) electrons. The third kappa shape index (κ3) is 3.45. The molecule has 0 aliphatic rings. The number of benzene rings is 1. The number of rotatable bonds is 5. The van der Waals surface area contributed by atoms with E-state index >= 15 is 0 Å². The van der Waals surface area contributed by atoms with Gasteiger partial charge in [0, 0.05) is 33.3 Å². The molecule has 114 valence electrons. The van der Waals surface area contributed by atoms with Crippen molar-refractivity contribution in [2.24, 2.45) is 12.9 Å². The van der Waals surface area contributed by atoms with Crippen LogP contribution >= 0.6 is 15.9 Å². The minimum Gasteiger partial charge on any atom is -0.378 e. The van der Waals surface area contributed by atoms with Crippen LogP contribution in [0.2, 0.25) is 0 Å². The van der Waals surface area contributed by atoms with Gasteiger partial charge in [-0.1, -0.05) is 12.1 Å². The van der Waals surface area contributed by atoms with Gasteiger partial charge in [0.25, 0.3) is 0 Å². The number of hydrogen-bond donors (Lipinski definition) is 2. The molecule has 1 atom stereocenters. The first-order chi connectivity index (χ1) is 9.93. The molecule has 0 spiro atoms. The number of nitrogens with one attached hydrogen (secondary N) is 1. The highest BCUT2D eigenvalue weighted by Gasteiger charge is 2.17. The van der Waals surface area contributed by atoms with Crippen LogP contribution in [-0.2, 0) is 13.5 Å². The van der Waals surface area contributed by atoms with Crippen molar-refractivity contribution in [3.8, 4) is 0 Å². The molecule has 21 heavy (non-hydrogen) atoms. The summed E-state index contributed by atoms with van der Waals surface area (Å²) in [7, 11) is 6.02. The summed E-state index contributed by atoms with van der Waals surface area (Å²) in [5, 5.41) is 4.43. The van der Waals surface area contributed by atoms with Gasteiger partial charge in [0.2, 0.25) is 0 Å². The first-order valence-electron chi connectivity index (χ1n) is 6.85. The Bertz CT molecular complexity index is 621. The summed E-state index contributed by atoms with van der Waals surface area (Å²) in [5.74, 6) is 5.78. The van der Waals surface area contributed by atoms with Crippen LogP contribution in [-0.4, -0.2) is 23.9 Å². The molecule has 1 aromatic heterocycles. The molecule has 5 nitrogen and oxygen atoms in total. The maximum atomic E-state index is 5.78. The maximum Gasteiger partial charge on any atom is 0.0738 e. The van der Waals surface area contributed by atoms with Crippen molar-refractivity contribution in [1.82, 2.24) is 15.2 Å². The first kappa shape index (κ1) is 16.0. The van der Waals surface area contributed by atoms with Crippen LogP contribution < -0.4 is 16.2 Å². The van der Waals surface area contributed by atoms with Gasteiger partial charge < -0.3 is 4.90 Å². The summed E-state index contributed by atoms with van der Waals surface area (Å²) < 4.78 is 2.95. The fourth-order valence-corrected chi connectivity index (χ4v) is 2.89. The third-order valence-electron chi connectivity index (χ3n) is 3.65. The van der Waals surface area contributed by atoms with Gasteiger partial charge in [0.05, 0.1) is 21.9 Å². The van der Waals surface area contributed by atoms with Gasteiger partial charge in [-0.25, -0.2) is 0 Å². The van der Waals surface area contributed by atoms with E-state index in [0.717, 1.165) is 33.5 Å². The smallest absolute Gasteiger partial charge is 0.0738 e. The minimum atomic E-state index is 0.0380. The molecular formula is C15H22BrN5. The molecule has 0 saturated carbocycles. The second-order valence-electron chi connectivity index (χ2n) is 5.38. The number of hydrogen-bond acceptors (Lipinski definition) is 4. The Morgan fingerprint density at radius 3 is 2.67 bits per heavy atom. The molecule has 0 amide bonds. The summed E-state index contributed by atoms with van der Waals surface area (Å²) in [6.07, 6.45) is 0.769. The second kappa shape index (κ2) is 6.60.